The van der Waals surface area contributed by atoms with Gasteiger partial charge in [0, 0.05) is 22.1 Å². The third kappa shape index (κ3) is 6.13. The summed E-state index contributed by atoms with van der Waals surface area (Å²) >= 11 is 7.60. The number of hydrogen-bond donors (Lipinski definition) is 1. The lowest BCUT2D eigenvalue weighted by atomic mass is 9.92. The van der Waals surface area contributed by atoms with Crippen LogP contribution in [0.5, 0.6) is 0 Å². The summed E-state index contributed by atoms with van der Waals surface area (Å²) < 4.78 is 30.0. The van der Waals surface area contributed by atoms with E-state index in [9.17, 15) is 18.3 Å². The van der Waals surface area contributed by atoms with E-state index < -0.39 is 39.2 Å². The van der Waals surface area contributed by atoms with Crippen molar-refractivity contribution in [3.8, 4) is 0 Å². The van der Waals surface area contributed by atoms with Crippen molar-refractivity contribution in [2.24, 2.45) is 5.92 Å². The fourth-order valence-corrected chi connectivity index (χ4v) is 8.59. The zero-order valence-corrected chi connectivity index (χ0v) is 22.7. The molecule has 8 heteroatoms. The van der Waals surface area contributed by atoms with Gasteiger partial charge in [-0.3, -0.25) is 4.79 Å². The Balaban J connectivity index is 2.21. The van der Waals surface area contributed by atoms with Crippen LogP contribution in [0.1, 0.15) is 56.2 Å². The van der Waals surface area contributed by atoms with Crippen LogP contribution in [-0.2, 0) is 14.8 Å². The number of rotatable bonds is 12. The molecule has 1 aliphatic rings. The van der Waals surface area contributed by atoms with Crippen LogP contribution < -0.4 is 0 Å². The molecule has 1 saturated heterocycles. The highest BCUT2D eigenvalue weighted by Crippen LogP contribution is 2.50. The summed E-state index contributed by atoms with van der Waals surface area (Å²) in [4.78, 5) is 13.0. The fraction of sp³-hybridized carbons (Fsp3) is 0.444. The van der Waals surface area contributed by atoms with E-state index in [1.54, 1.807) is 61.5 Å². The van der Waals surface area contributed by atoms with Gasteiger partial charge in [0.15, 0.2) is 0 Å². The Morgan fingerprint density at radius 3 is 2.43 bits per heavy atom. The Bertz CT molecular complexity index is 1120. The van der Waals surface area contributed by atoms with E-state index in [1.807, 2.05) is 0 Å². The maximum Gasteiger partial charge on any atom is 0.309 e. The Kier molecular flexibility index (Phi) is 9.87. The Labute approximate surface area is 218 Å². The number of thioether (sulfide) groups is 1. The van der Waals surface area contributed by atoms with Crippen molar-refractivity contribution in [2.75, 3.05) is 5.75 Å². The summed E-state index contributed by atoms with van der Waals surface area (Å²) in [6.07, 6.45) is 6.29. The lowest BCUT2D eigenvalue weighted by Gasteiger charge is -2.31. The average molecular weight is 536 g/mol. The summed E-state index contributed by atoms with van der Waals surface area (Å²) in [7, 11) is -4.00. The van der Waals surface area contributed by atoms with E-state index >= 15 is 0 Å². The van der Waals surface area contributed by atoms with Gasteiger partial charge in [0.25, 0.3) is 0 Å². The molecule has 35 heavy (non-hydrogen) atoms. The second kappa shape index (κ2) is 12.4. The number of aliphatic carboxylic acids is 1. The molecule has 4 atom stereocenters. The maximum atomic E-state index is 14.3. The van der Waals surface area contributed by atoms with Gasteiger partial charge < -0.3 is 5.11 Å². The second-order valence-corrected chi connectivity index (χ2v) is 12.4. The summed E-state index contributed by atoms with van der Waals surface area (Å²) in [5, 5.41) is 10.5. The van der Waals surface area contributed by atoms with Crippen molar-refractivity contribution in [1.82, 2.24) is 4.31 Å². The quantitative estimate of drug-likeness (QED) is 0.241. The summed E-state index contributed by atoms with van der Waals surface area (Å²) in [5.74, 6) is -1.35. The minimum Gasteiger partial charge on any atom is -0.481 e. The van der Waals surface area contributed by atoms with Gasteiger partial charge in [0.2, 0.25) is 10.0 Å². The molecule has 0 aliphatic carbocycles. The number of carbonyl (C=O) groups is 1. The number of nitrogens with zero attached hydrogens (tertiary/aromatic N) is 1. The highest BCUT2D eigenvalue weighted by molar-refractivity contribution is 8.00. The number of halogens is 1. The minimum atomic E-state index is -4.00. The van der Waals surface area contributed by atoms with E-state index in [2.05, 4.69) is 13.5 Å². The molecule has 1 fully saturated rings. The first-order valence-corrected chi connectivity index (χ1v) is 14.9. The highest BCUT2D eigenvalue weighted by Gasteiger charge is 2.57. The predicted octanol–water partition coefficient (Wildman–Crippen LogP) is 6.72. The number of benzene rings is 2. The first-order chi connectivity index (χ1) is 16.7. The maximum absolute atomic E-state index is 14.3. The standard InChI is InChI=1S/C27H34ClNO4S2/c1-4-6-7-8-12-22-26(34-18-5-2)24(27(30)31)25(20-14-16-21(28)17-15-20)29(22)35(32,33)23-13-10-9-11-19(23)3/h5,9-11,13-17,22,24-26H,2,4,6-8,12,18H2,1,3H3,(H,30,31)/t22-,24+,25+,26-/m1/s1. The van der Waals surface area contributed by atoms with Gasteiger partial charge in [-0.15, -0.1) is 6.58 Å². The van der Waals surface area contributed by atoms with Gasteiger partial charge in [-0.2, -0.15) is 16.1 Å². The van der Waals surface area contributed by atoms with Gasteiger partial charge >= 0.3 is 5.97 Å². The molecule has 0 aromatic heterocycles. The van der Waals surface area contributed by atoms with E-state index in [0.717, 1.165) is 25.7 Å². The molecule has 0 bridgehead atoms. The number of unbranched alkanes of at least 4 members (excludes halogenated alkanes) is 3. The number of carboxylic acid groups (broad SMARTS) is 1. The van der Waals surface area contributed by atoms with Gasteiger partial charge in [-0.1, -0.05) is 80.6 Å². The van der Waals surface area contributed by atoms with E-state index in [1.165, 1.54) is 16.1 Å². The number of hydrogen-bond acceptors (Lipinski definition) is 4. The molecule has 1 aliphatic heterocycles. The first kappa shape index (κ1) is 27.8. The molecule has 1 heterocycles. The van der Waals surface area contributed by atoms with Crippen molar-refractivity contribution < 1.29 is 18.3 Å². The van der Waals surface area contributed by atoms with Crippen LogP contribution in [0.4, 0.5) is 0 Å². The largest absolute Gasteiger partial charge is 0.481 e. The zero-order valence-electron chi connectivity index (χ0n) is 20.3. The van der Waals surface area contributed by atoms with Crippen molar-refractivity contribution >= 4 is 39.4 Å². The van der Waals surface area contributed by atoms with E-state index in [0.29, 0.717) is 28.3 Å². The number of carboxylic acids is 1. The number of aryl methyl sites for hydroxylation is 1. The molecule has 190 valence electrons. The molecule has 1 N–H and O–H groups in total. The molecule has 5 nitrogen and oxygen atoms in total. The lowest BCUT2D eigenvalue weighted by molar-refractivity contribution is -0.142. The van der Waals surface area contributed by atoms with Crippen molar-refractivity contribution in [2.45, 2.75) is 68.2 Å². The van der Waals surface area contributed by atoms with Crippen LogP contribution in [-0.4, -0.2) is 40.8 Å². The zero-order chi connectivity index (χ0) is 25.6. The van der Waals surface area contributed by atoms with Crippen LogP contribution in [0, 0.1) is 12.8 Å². The van der Waals surface area contributed by atoms with Crippen LogP contribution in [0.25, 0.3) is 0 Å². The van der Waals surface area contributed by atoms with E-state index in [-0.39, 0.29) is 4.90 Å². The van der Waals surface area contributed by atoms with Gasteiger partial charge in [0.05, 0.1) is 16.9 Å². The lowest BCUT2D eigenvalue weighted by Crippen LogP contribution is -2.40. The first-order valence-electron chi connectivity index (χ1n) is 12.0. The minimum absolute atomic E-state index is 0.219. The summed E-state index contributed by atoms with van der Waals surface area (Å²) in [6, 6.07) is 12.5. The van der Waals surface area contributed by atoms with Gasteiger partial charge in [-0.05, 0) is 42.7 Å². The van der Waals surface area contributed by atoms with Gasteiger partial charge in [-0.25, -0.2) is 8.42 Å². The molecule has 0 unspecified atom stereocenters. The predicted molar refractivity (Wildman–Crippen MR) is 145 cm³/mol. The summed E-state index contributed by atoms with van der Waals surface area (Å²) in [5.41, 5.74) is 1.28. The summed E-state index contributed by atoms with van der Waals surface area (Å²) in [6.45, 7) is 7.70. The van der Waals surface area contributed by atoms with Gasteiger partial charge in [0.1, 0.15) is 0 Å². The SMILES string of the molecule is C=CCS[C@H]1[C@@H](C(=O)O)[C@H](c2ccc(Cl)cc2)N(S(=O)(=O)c2ccccc2C)[C@@H]1CCCCCC. The average Bonchev–Trinajstić information content (AvgIpc) is 3.16. The smallest absolute Gasteiger partial charge is 0.309 e. The molecule has 0 amide bonds. The topological polar surface area (TPSA) is 74.7 Å². The Morgan fingerprint density at radius 1 is 1.14 bits per heavy atom. The Morgan fingerprint density at radius 2 is 1.83 bits per heavy atom. The normalized spacial score (nSPS) is 22.8. The monoisotopic (exact) mass is 535 g/mol. The molecule has 0 saturated carbocycles. The van der Waals surface area contributed by atoms with Crippen molar-refractivity contribution in [3.05, 3.63) is 77.3 Å². The Hall–Kier alpha value is -1.80. The third-order valence-corrected chi connectivity index (χ3v) is 10.3. The van der Waals surface area contributed by atoms with Crippen molar-refractivity contribution in [3.63, 3.8) is 0 Å². The number of sulfonamides is 1. The molecule has 2 aromatic carbocycles. The molecule has 0 radical (unpaired) electrons. The van der Waals surface area contributed by atoms with Crippen LogP contribution in [0.3, 0.4) is 0 Å². The molecular weight excluding hydrogens is 502 g/mol. The van der Waals surface area contributed by atoms with Crippen LogP contribution in [0.15, 0.2) is 66.1 Å². The van der Waals surface area contributed by atoms with Crippen LogP contribution >= 0.6 is 23.4 Å². The van der Waals surface area contributed by atoms with Crippen LogP contribution in [0.2, 0.25) is 5.02 Å². The third-order valence-electron chi connectivity index (χ3n) is 6.58. The highest BCUT2D eigenvalue weighted by atomic mass is 35.5. The van der Waals surface area contributed by atoms with Crippen molar-refractivity contribution in [1.29, 1.82) is 0 Å². The second-order valence-electron chi connectivity index (χ2n) is 8.96. The molecular formula is C27H34ClNO4S2. The molecule has 2 aromatic rings. The van der Waals surface area contributed by atoms with E-state index in [4.69, 9.17) is 11.6 Å². The molecule has 0 spiro atoms. The fourth-order valence-electron chi connectivity index (χ4n) is 4.97. The molecule has 3 rings (SSSR count).